The van der Waals surface area contributed by atoms with E-state index in [1.54, 1.807) is 19.1 Å². The number of nitrogens with zero attached hydrogens (tertiary/aromatic N) is 1. The van der Waals surface area contributed by atoms with Crippen LogP contribution in [0.2, 0.25) is 0 Å². The molecule has 0 fully saturated rings. The van der Waals surface area contributed by atoms with Crippen LogP contribution in [-0.2, 0) is 0 Å². The van der Waals surface area contributed by atoms with E-state index in [-0.39, 0.29) is 5.78 Å². The highest BCUT2D eigenvalue weighted by Gasteiger charge is 2.13. The quantitative estimate of drug-likeness (QED) is 0.657. The Morgan fingerprint density at radius 1 is 1.10 bits per heavy atom. The second-order valence-corrected chi connectivity index (χ2v) is 4.71. The summed E-state index contributed by atoms with van der Waals surface area (Å²) in [5, 5.41) is 0.896. The molecule has 0 N–H and O–H groups in total. The molecule has 0 bridgehead atoms. The minimum absolute atomic E-state index is 0.208. The summed E-state index contributed by atoms with van der Waals surface area (Å²) in [6, 6.07) is 13.6. The van der Waals surface area contributed by atoms with Crippen molar-refractivity contribution in [3.8, 4) is 0 Å². The first kappa shape index (κ1) is 12.5. The molecule has 0 aliphatic heterocycles. The molecule has 1 aromatic heterocycles. The molecule has 0 atom stereocenters. The van der Waals surface area contributed by atoms with Gasteiger partial charge in [-0.2, -0.15) is 0 Å². The minimum atomic E-state index is -0.410. The predicted molar refractivity (Wildman–Crippen MR) is 76.3 cm³/mol. The maximum Gasteiger partial charge on any atom is 0.194 e. The van der Waals surface area contributed by atoms with Crippen molar-refractivity contribution in [1.82, 2.24) is 4.98 Å². The summed E-state index contributed by atoms with van der Waals surface area (Å²) < 4.78 is 13.3. The van der Waals surface area contributed by atoms with E-state index in [0.717, 1.165) is 16.5 Å². The van der Waals surface area contributed by atoms with Crippen LogP contribution >= 0.6 is 0 Å². The third-order valence-electron chi connectivity index (χ3n) is 3.30. The number of benzene rings is 2. The van der Waals surface area contributed by atoms with Crippen molar-refractivity contribution in [2.75, 3.05) is 0 Å². The van der Waals surface area contributed by atoms with E-state index in [1.807, 2.05) is 24.3 Å². The molecule has 3 rings (SSSR count). The molecule has 0 saturated heterocycles. The number of carbonyl (C=O) groups excluding carboxylic acids is 1. The van der Waals surface area contributed by atoms with E-state index in [1.165, 1.54) is 18.3 Å². The first-order chi connectivity index (χ1) is 9.65. The first-order valence-electron chi connectivity index (χ1n) is 6.31. The van der Waals surface area contributed by atoms with Gasteiger partial charge in [0.25, 0.3) is 0 Å². The van der Waals surface area contributed by atoms with Gasteiger partial charge in [0.1, 0.15) is 5.82 Å². The van der Waals surface area contributed by atoms with Gasteiger partial charge in [0, 0.05) is 22.7 Å². The largest absolute Gasteiger partial charge is 0.289 e. The molecule has 2 aromatic carbocycles. The topological polar surface area (TPSA) is 30.0 Å². The lowest BCUT2D eigenvalue weighted by atomic mass is 9.99. The van der Waals surface area contributed by atoms with Gasteiger partial charge < -0.3 is 0 Å². The second-order valence-electron chi connectivity index (χ2n) is 4.71. The van der Waals surface area contributed by atoms with Crippen molar-refractivity contribution in [3.63, 3.8) is 0 Å². The molecule has 0 saturated carbocycles. The molecule has 3 aromatic rings. The number of hydrogen-bond donors (Lipinski definition) is 0. The summed E-state index contributed by atoms with van der Waals surface area (Å²) in [5.74, 6) is -0.618. The SMILES string of the molecule is Cc1ccc(F)cc1C(=O)c1cnc2ccccc2c1. The number of aryl methyl sites for hydroxylation is 1. The summed E-state index contributed by atoms with van der Waals surface area (Å²) in [5.41, 5.74) is 2.43. The van der Waals surface area contributed by atoms with Crippen LogP contribution in [0.25, 0.3) is 10.9 Å². The van der Waals surface area contributed by atoms with E-state index in [2.05, 4.69) is 4.98 Å². The zero-order valence-electron chi connectivity index (χ0n) is 10.9. The van der Waals surface area contributed by atoms with Crippen LogP contribution in [0.4, 0.5) is 4.39 Å². The summed E-state index contributed by atoms with van der Waals surface area (Å²) >= 11 is 0. The standard InChI is InChI=1S/C17H12FNO/c1-11-6-7-14(18)9-15(11)17(20)13-8-12-4-2-3-5-16(12)19-10-13/h2-10H,1H3. The fraction of sp³-hybridized carbons (Fsp3) is 0.0588. The number of hydrogen-bond acceptors (Lipinski definition) is 2. The van der Waals surface area contributed by atoms with E-state index < -0.39 is 5.82 Å². The van der Waals surface area contributed by atoms with Gasteiger partial charge in [-0.05, 0) is 36.8 Å². The lowest BCUT2D eigenvalue weighted by Crippen LogP contribution is -2.05. The normalized spacial score (nSPS) is 10.7. The number of ketones is 1. The number of rotatable bonds is 2. The van der Waals surface area contributed by atoms with Gasteiger partial charge in [-0.25, -0.2) is 4.39 Å². The van der Waals surface area contributed by atoms with Crippen molar-refractivity contribution < 1.29 is 9.18 Å². The van der Waals surface area contributed by atoms with Crippen LogP contribution < -0.4 is 0 Å². The van der Waals surface area contributed by atoms with Crippen LogP contribution in [0, 0.1) is 12.7 Å². The number of aromatic nitrogens is 1. The molecule has 98 valence electrons. The third-order valence-corrected chi connectivity index (χ3v) is 3.30. The molecule has 0 amide bonds. The maximum atomic E-state index is 13.3. The number of fused-ring (bicyclic) bond motifs is 1. The summed E-state index contributed by atoms with van der Waals surface area (Å²) in [4.78, 5) is 16.7. The number of halogens is 1. The van der Waals surface area contributed by atoms with Gasteiger partial charge in [0.2, 0.25) is 0 Å². The molecule has 2 nitrogen and oxygen atoms in total. The van der Waals surface area contributed by atoms with Gasteiger partial charge in [-0.3, -0.25) is 9.78 Å². The average molecular weight is 265 g/mol. The Kier molecular flexibility index (Phi) is 3.03. The fourth-order valence-electron chi connectivity index (χ4n) is 2.19. The van der Waals surface area contributed by atoms with E-state index in [0.29, 0.717) is 11.1 Å². The third kappa shape index (κ3) is 2.18. The van der Waals surface area contributed by atoms with Crippen LogP contribution in [0.5, 0.6) is 0 Å². The van der Waals surface area contributed by atoms with Gasteiger partial charge in [0.05, 0.1) is 5.52 Å². The van der Waals surface area contributed by atoms with Crippen LogP contribution in [0.1, 0.15) is 21.5 Å². The average Bonchev–Trinajstić information content (AvgIpc) is 2.48. The van der Waals surface area contributed by atoms with Crippen LogP contribution in [0.15, 0.2) is 54.7 Å². The number of pyridine rings is 1. The van der Waals surface area contributed by atoms with Crippen molar-refractivity contribution >= 4 is 16.7 Å². The van der Waals surface area contributed by atoms with E-state index in [9.17, 15) is 9.18 Å². The van der Waals surface area contributed by atoms with Crippen LogP contribution in [0.3, 0.4) is 0 Å². The van der Waals surface area contributed by atoms with Crippen molar-refractivity contribution in [1.29, 1.82) is 0 Å². The maximum absolute atomic E-state index is 13.3. The highest BCUT2D eigenvalue weighted by molar-refractivity contribution is 6.10. The Morgan fingerprint density at radius 2 is 1.90 bits per heavy atom. The Hall–Kier alpha value is -2.55. The summed E-state index contributed by atoms with van der Waals surface area (Å²) in [7, 11) is 0. The molecular weight excluding hydrogens is 253 g/mol. The van der Waals surface area contributed by atoms with Crippen molar-refractivity contribution in [3.05, 3.63) is 77.2 Å². The molecule has 20 heavy (non-hydrogen) atoms. The minimum Gasteiger partial charge on any atom is -0.289 e. The summed E-state index contributed by atoms with van der Waals surface area (Å²) in [6.45, 7) is 1.79. The molecule has 0 radical (unpaired) electrons. The van der Waals surface area contributed by atoms with Gasteiger partial charge in [-0.15, -0.1) is 0 Å². The first-order valence-corrected chi connectivity index (χ1v) is 6.31. The molecular formula is C17H12FNO. The van der Waals surface area contributed by atoms with E-state index >= 15 is 0 Å². The summed E-state index contributed by atoms with van der Waals surface area (Å²) in [6.07, 6.45) is 1.54. The highest BCUT2D eigenvalue weighted by atomic mass is 19.1. The van der Waals surface area contributed by atoms with Gasteiger partial charge >= 0.3 is 0 Å². The molecule has 1 heterocycles. The predicted octanol–water partition coefficient (Wildman–Crippen LogP) is 3.91. The molecule has 0 aliphatic carbocycles. The lowest BCUT2D eigenvalue weighted by Gasteiger charge is -2.06. The highest BCUT2D eigenvalue weighted by Crippen LogP contribution is 2.18. The monoisotopic (exact) mass is 265 g/mol. The zero-order chi connectivity index (χ0) is 14.1. The molecule has 3 heteroatoms. The number of carbonyl (C=O) groups is 1. The lowest BCUT2D eigenvalue weighted by molar-refractivity contribution is 0.103. The fourth-order valence-corrected chi connectivity index (χ4v) is 2.19. The van der Waals surface area contributed by atoms with Crippen LogP contribution in [-0.4, -0.2) is 10.8 Å². The van der Waals surface area contributed by atoms with Crippen molar-refractivity contribution in [2.45, 2.75) is 6.92 Å². The molecule has 0 aliphatic rings. The molecule has 0 unspecified atom stereocenters. The van der Waals surface area contributed by atoms with Gasteiger partial charge in [0.15, 0.2) is 5.78 Å². The second kappa shape index (κ2) is 4.85. The smallest absolute Gasteiger partial charge is 0.194 e. The Labute approximate surface area is 115 Å². The number of para-hydroxylation sites is 1. The zero-order valence-corrected chi connectivity index (χ0v) is 10.9. The van der Waals surface area contributed by atoms with Crippen molar-refractivity contribution in [2.24, 2.45) is 0 Å². The molecule has 0 spiro atoms. The van der Waals surface area contributed by atoms with Gasteiger partial charge in [-0.1, -0.05) is 24.3 Å². The Bertz CT molecular complexity index is 811. The Morgan fingerprint density at radius 3 is 2.75 bits per heavy atom. The van der Waals surface area contributed by atoms with E-state index in [4.69, 9.17) is 0 Å². The Balaban J connectivity index is 2.10.